The Hall–Kier alpha value is -11.2. The minimum atomic E-state index is 0. The lowest BCUT2D eigenvalue weighted by molar-refractivity contribution is 0.651. The average Bonchev–Trinajstić information content (AvgIpc) is 1.96. The SMILES string of the molecule is C.C.C.C.C.c1ccc2c(c1)sc1ncccc12.c1cnc2c(c1)oc1ncccc12.c1cnc2c(c1)sc1ncccc12.c1cnc2c(c1)sc1ncccc12.c1cnc2oc3cncnc3c2c1.c1cnc2sc3ccncc3c2c1.c1cnc2sc3ncccc3c2c1. The second-order valence-electron chi connectivity index (χ2n) is 19.7. The third-order valence-electron chi connectivity index (χ3n) is 14.2. The molecule has 20 aromatic heterocycles. The maximum absolute atomic E-state index is 5.48. The molecule has 0 aliphatic rings. The third-order valence-corrected chi connectivity index (χ3v) is 19.5. The summed E-state index contributed by atoms with van der Waals surface area (Å²) in [5.41, 5.74) is 6.55. The van der Waals surface area contributed by atoms with E-state index in [0.717, 1.165) is 78.2 Å². The molecule has 21 rings (SSSR count). The summed E-state index contributed by atoms with van der Waals surface area (Å²) in [7, 11) is 0. The van der Waals surface area contributed by atoms with Gasteiger partial charge in [0.15, 0.2) is 11.2 Å². The first-order chi connectivity index (χ1) is 45.1. The maximum Gasteiger partial charge on any atom is 0.229 e. The molecule has 0 unspecified atom stereocenters. The highest BCUT2D eigenvalue weighted by molar-refractivity contribution is 7.26. The number of benzene rings is 1. The molecule has 0 spiro atoms. The monoisotopic (exact) mass is 1350 g/mol. The van der Waals surface area contributed by atoms with Crippen molar-refractivity contribution < 1.29 is 8.83 Å². The molecule has 0 amide bonds. The van der Waals surface area contributed by atoms with Crippen LogP contribution in [-0.4, -0.2) is 69.8 Å². The number of thiophene rings is 5. The van der Waals surface area contributed by atoms with Crippen LogP contribution >= 0.6 is 56.7 Å². The van der Waals surface area contributed by atoms with Gasteiger partial charge in [0, 0.05) is 133 Å². The van der Waals surface area contributed by atoms with Gasteiger partial charge in [-0.25, -0.2) is 49.8 Å². The van der Waals surface area contributed by atoms with Gasteiger partial charge in [-0.3, -0.25) is 19.9 Å². The maximum atomic E-state index is 5.48. The minimum Gasteiger partial charge on any atom is -0.436 e. The standard InChI is InChI=1S/C11H7NS.C10H6N2O.4C10H6N2S.C9H5N3O.5CH4/c1-2-6-10-8(4-1)9-5-3-7-12-11(9)13-10;3*1-3-7-9-8(4-2-5-11-9)13-10(7)12-6-1;1-3-7-8-4-2-6-12-10(8)13-9(7)11-5-1;1-2-7-8-6-11-5-3-9(8)13-10(7)12-4-1;1-2-6-8-7(4-10-5-12-8)13-9(6)11-3-1;;;;;/h1-7H;5*1-6H;1-5H;5*1H4. The van der Waals surface area contributed by atoms with Crippen molar-refractivity contribution in [1.29, 1.82) is 0 Å². The lowest BCUT2D eigenvalue weighted by Gasteiger charge is -1.87. The summed E-state index contributed by atoms with van der Waals surface area (Å²) in [6.45, 7) is 0. The summed E-state index contributed by atoms with van der Waals surface area (Å²) in [4.78, 5) is 65.5. The zero-order valence-electron chi connectivity index (χ0n) is 47.4. The largest absolute Gasteiger partial charge is 0.436 e. The zero-order valence-corrected chi connectivity index (χ0v) is 51.4. The number of nitrogens with zero attached hydrogens (tertiary/aromatic N) is 14. The molecular formula is C75H62N14O2S5. The van der Waals surface area contributed by atoms with Crippen molar-refractivity contribution in [1.82, 2.24) is 69.8 Å². The Bertz CT molecular complexity index is 4690. The van der Waals surface area contributed by atoms with Crippen molar-refractivity contribution in [2.45, 2.75) is 37.1 Å². The average molecular weight is 1350 g/mol. The van der Waals surface area contributed by atoms with E-state index in [0.29, 0.717) is 17.0 Å². The number of hydrogen-bond acceptors (Lipinski definition) is 21. The molecule has 16 nitrogen and oxygen atoms in total. The molecule has 0 saturated heterocycles. The first-order valence-corrected chi connectivity index (χ1v) is 32.3. The smallest absolute Gasteiger partial charge is 0.229 e. The van der Waals surface area contributed by atoms with E-state index in [1.54, 1.807) is 81.5 Å². The van der Waals surface area contributed by atoms with Crippen LogP contribution in [0.5, 0.6) is 0 Å². The second-order valence-corrected chi connectivity index (χ2v) is 24.8. The van der Waals surface area contributed by atoms with E-state index in [9.17, 15) is 0 Å². The van der Waals surface area contributed by atoms with Crippen molar-refractivity contribution >= 4 is 203 Å². The molecule has 1 aromatic carbocycles. The van der Waals surface area contributed by atoms with E-state index < -0.39 is 0 Å². The molecule has 21 heteroatoms. The molecule has 0 aliphatic heterocycles. The van der Waals surface area contributed by atoms with Crippen molar-refractivity contribution in [3.63, 3.8) is 0 Å². The van der Waals surface area contributed by atoms with Gasteiger partial charge in [-0.05, 0) is 146 Å². The lowest BCUT2D eigenvalue weighted by atomic mass is 10.2. The Labute approximate surface area is 571 Å². The number of hydrogen-bond donors (Lipinski definition) is 0. The topological polar surface area (TPSA) is 207 Å². The number of fused-ring (bicyclic) bond motifs is 21. The number of pyridine rings is 12. The highest BCUT2D eigenvalue weighted by atomic mass is 32.1. The fourth-order valence-corrected chi connectivity index (χ4v) is 15.2. The zero-order chi connectivity index (χ0) is 60.7. The minimum absolute atomic E-state index is 0. The quantitative estimate of drug-likeness (QED) is 0.138. The van der Waals surface area contributed by atoms with Crippen LogP contribution in [-0.2, 0) is 0 Å². The number of aromatic nitrogens is 14. The third kappa shape index (κ3) is 14.0. The Morgan fingerprint density at radius 3 is 1.09 bits per heavy atom. The van der Waals surface area contributed by atoms with E-state index in [1.807, 2.05) is 153 Å². The molecule has 474 valence electrons. The van der Waals surface area contributed by atoms with E-state index in [1.165, 1.54) is 57.4 Å². The van der Waals surface area contributed by atoms with Gasteiger partial charge in [0.25, 0.3) is 0 Å². The Morgan fingerprint density at radius 2 is 0.562 bits per heavy atom. The van der Waals surface area contributed by atoms with Gasteiger partial charge in [-0.2, -0.15) is 0 Å². The van der Waals surface area contributed by atoms with E-state index in [4.69, 9.17) is 8.83 Å². The van der Waals surface area contributed by atoms with Gasteiger partial charge < -0.3 is 8.83 Å². The van der Waals surface area contributed by atoms with Gasteiger partial charge >= 0.3 is 0 Å². The molecule has 0 fully saturated rings. The Balaban J connectivity index is 0.000000121. The number of rotatable bonds is 0. The van der Waals surface area contributed by atoms with Crippen LogP contribution < -0.4 is 0 Å². The van der Waals surface area contributed by atoms with Crippen LogP contribution in [0.15, 0.2) is 266 Å². The van der Waals surface area contributed by atoms with Crippen LogP contribution in [0.1, 0.15) is 37.1 Å². The lowest BCUT2D eigenvalue weighted by Crippen LogP contribution is -1.75. The van der Waals surface area contributed by atoms with Crippen molar-refractivity contribution in [3.05, 3.63) is 257 Å². The van der Waals surface area contributed by atoms with Crippen LogP contribution in [0.2, 0.25) is 0 Å². The van der Waals surface area contributed by atoms with Crippen LogP contribution in [0.25, 0.3) is 146 Å². The predicted octanol–water partition coefficient (Wildman–Crippen LogP) is 22.2. The van der Waals surface area contributed by atoms with Gasteiger partial charge in [0.05, 0.1) is 37.4 Å². The molecule has 0 N–H and O–H groups in total. The molecule has 21 aromatic rings. The summed E-state index contributed by atoms with van der Waals surface area (Å²) in [6, 6.07) is 54.2. The first-order valence-electron chi connectivity index (χ1n) is 28.2. The van der Waals surface area contributed by atoms with Crippen molar-refractivity contribution in [3.8, 4) is 0 Å². The van der Waals surface area contributed by atoms with E-state index in [2.05, 4.69) is 143 Å². The van der Waals surface area contributed by atoms with E-state index >= 15 is 0 Å². The van der Waals surface area contributed by atoms with Gasteiger partial charge in [0.2, 0.25) is 11.4 Å². The molecule has 0 saturated carbocycles. The molecule has 0 atom stereocenters. The summed E-state index contributed by atoms with van der Waals surface area (Å²) >= 11 is 8.48. The van der Waals surface area contributed by atoms with Gasteiger partial charge in [-0.1, -0.05) is 66.7 Å². The molecule has 96 heavy (non-hydrogen) atoms. The summed E-state index contributed by atoms with van der Waals surface area (Å²) in [5.74, 6) is 0. The highest BCUT2D eigenvalue weighted by Gasteiger charge is 2.11. The van der Waals surface area contributed by atoms with E-state index in [-0.39, 0.29) is 37.1 Å². The Kier molecular flexibility index (Phi) is 22.0. The van der Waals surface area contributed by atoms with Crippen molar-refractivity contribution in [2.24, 2.45) is 0 Å². The highest BCUT2D eigenvalue weighted by Crippen LogP contribution is 2.35. The molecule has 0 bridgehead atoms. The van der Waals surface area contributed by atoms with Gasteiger partial charge in [-0.15, -0.1) is 45.3 Å². The second kappa shape index (κ2) is 31.2. The Morgan fingerprint density at radius 1 is 0.219 bits per heavy atom. The number of furan rings is 2. The molecular weight excluding hydrogens is 1290 g/mol. The normalized spacial score (nSPS) is 10.5. The molecule has 0 radical (unpaired) electrons. The fourth-order valence-electron chi connectivity index (χ4n) is 10.1. The molecule has 0 aliphatic carbocycles. The fraction of sp³-hybridized carbons (Fsp3) is 0.0667. The summed E-state index contributed by atoms with van der Waals surface area (Å²) < 4.78 is 15.9. The van der Waals surface area contributed by atoms with Crippen LogP contribution in [0, 0.1) is 0 Å². The summed E-state index contributed by atoms with van der Waals surface area (Å²) in [5, 5.41) is 11.6. The predicted molar refractivity (Wildman–Crippen MR) is 407 cm³/mol. The van der Waals surface area contributed by atoms with Crippen LogP contribution in [0.4, 0.5) is 0 Å². The molecule has 20 heterocycles. The summed E-state index contributed by atoms with van der Waals surface area (Å²) in [6.07, 6.45) is 26.6. The first kappa shape index (κ1) is 67.7. The van der Waals surface area contributed by atoms with Crippen molar-refractivity contribution in [2.75, 3.05) is 0 Å². The van der Waals surface area contributed by atoms with Gasteiger partial charge in [0.1, 0.15) is 46.3 Å². The van der Waals surface area contributed by atoms with Crippen LogP contribution in [0.3, 0.4) is 0 Å².